The molecule has 6 nitrogen and oxygen atoms in total. The van der Waals surface area contributed by atoms with Crippen molar-refractivity contribution in [1.29, 1.82) is 0 Å². The van der Waals surface area contributed by atoms with Gasteiger partial charge < -0.3 is 15.2 Å². The van der Waals surface area contributed by atoms with Crippen LogP contribution in [0.25, 0.3) is 0 Å². The first-order valence-corrected chi connectivity index (χ1v) is 7.20. The summed E-state index contributed by atoms with van der Waals surface area (Å²) in [5.74, 6) is 0.0307. The van der Waals surface area contributed by atoms with Crippen molar-refractivity contribution >= 4 is 11.8 Å². The van der Waals surface area contributed by atoms with Gasteiger partial charge in [-0.1, -0.05) is 13.8 Å². The van der Waals surface area contributed by atoms with Crippen LogP contribution in [-0.2, 0) is 4.74 Å². The molecule has 6 heteroatoms. The summed E-state index contributed by atoms with van der Waals surface area (Å²) >= 11 is 0. The maximum absolute atomic E-state index is 11.3. The van der Waals surface area contributed by atoms with Crippen LogP contribution >= 0.6 is 0 Å². The number of rotatable bonds is 4. The number of nitrogens with zero attached hydrogens (tertiary/aromatic N) is 2. The van der Waals surface area contributed by atoms with E-state index in [1.54, 1.807) is 0 Å². The molecule has 1 heterocycles. The summed E-state index contributed by atoms with van der Waals surface area (Å²) in [7, 11) is 1.30. The predicted molar refractivity (Wildman–Crippen MR) is 79.1 cm³/mol. The Kier molecular flexibility index (Phi) is 4.46. The number of methoxy groups -OCH3 is 1. The molecule has 0 bridgehead atoms. The van der Waals surface area contributed by atoms with Crippen molar-refractivity contribution in [3.8, 4) is 0 Å². The largest absolute Gasteiger partial charge is 0.464 e. The minimum absolute atomic E-state index is 0.168. The van der Waals surface area contributed by atoms with E-state index in [1.165, 1.54) is 19.5 Å². The average molecular weight is 293 g/mol. The van der Waals surface area contributed by atoms with Crippen LogP contribution in [0.1, 0.15) is 50.0 Å². The molecule has 1 fully saturated rings. The number of hydrogen-bond donors (Lipinski definition) is 2. The van der Waals surface area contributed by atoms with Crippen molar-refractivity contribution in [3.63, 3.8) is 0 Å². The number of aliphatic hydroxyl groups is 1. The van der Waals surface area contributed by atoms with E-state index in [0.717, 1.165) is 25.7 Å². The molecule has 0 unspecified atom stereocenters. The Hall–Kier alpha value is -1.69. The van der Waals surface area contributed by atoms with E-state index in [2.05, 4.69) is 33.9 Å². The minimum Gasteiger partial charge on any atom is -0.464 e. The van der Waals surface area contributed by atoms with E-state index in [1.807, 2.05) is 0 Å². The molecule has 116 valence electrons. The first kappa shape index (κ1) is 15.7. The SMILES string of the molecule is COC(=O)c1cnc(NCC2(O)CCC(C)(C)CC2)cn1. The second-order valence-electron chi connectivity index (χ2n) is 6.52. The Bertz CT molecular complexity index is 489. The fourth-order valence-corrected chi connectivity index (χ4v) is 2.45. The summed E-state index contributed by atoms with van der Waals surface area (Å²) < 4.78 is 4.56. The number of anilines is 1. The van der Waals surface area contributed by atoms with Crippen LogP contribution in [0.2, 0.25) is 0 Å². The zero-order chi connectivity index (χ0) is 15.5. The molecular formula is C15H23N3O3. The first-order chi connectivity index (χ1) is 9.84. The van der Waals surface area contributed by atoms with Gasteiger partial charge >= 0.3 is 5.97 Å². The first-order valence-electron chi connectivity index (χ1n) is 7.20. The number of carbonyl (C=O) groups excluding carboxylic acids is 1. The van der Waals surface area contributed by atoms with Crippen LogP contribution in [0.5, 0.6) is 0 Å². The van der Waals surface area contributed by atoms with Crippen molar-refractivity contribution in [2.45, 2.75) is 45.1 Å². The normalized spacial score (nSPS) is 19.8. The Balaban J connectivity index is 1.90. The van der Waals surface area contributed by atoms with Crippen molar-refractivity contribution in [2.75, 3.05) is 19.0 Å². The molecule has 1 aromatic rings. The zero-order valence-corrected chi connectivity index (χ0v) is 12.8. The molecule has 1 aliphatic rings. The van der Waals surface area contributed by atoms with E-state index in [4.69, 9.17) is 0 Å². The number of ether oxygens (including phenoxy) is 1. The average Bonchev–Trinajstić information content (AvgIpc) is 2.49. The number of hydrogen-bond acceptors (Lipinski definition) is 6. The van der Waals surface area contributed by atoms with Crippen LogP contribution < -0.4 is 5.32 Å². The van der Waals surface area contributed by atoms with Crippen LogP contribution in [0.4, 0.5) is 5.82 Å². The van der Waals surface area contributed by atoms with E-state index in [0.29, 0.717) is 17.8 Å². The van der Waals surface area contributed by atoms with Crippen LogP contribution in [0.15, 0.2) is 12.4 Å². The Morgan fingerprint density at radius 1 is 1.29 bits per heavy atom. The Morgan fingerprint density at radius 2 is 1.95 bits per heavy atom. The summed E-state index contributed by atoms with van der Waals surface area (Å²) in [6, 6.07) is 0. The molecule has 2 N–H and O–H groups in total. The summed E-state index contributed by atoms with van der Waals surface area (Å²) in [6.07, 6.45) is 6.42. The second-order valence-corrected chi connectivity index (χ2v) is 6.52. The van der Waals surface area contributed by atoms with Crippen LogP contribution in [0, 0.1) is 5.41 Å². The number of aromatic nitrogens is 2. The highest BCUT2D eigenvalue weighted by atomic mass is 16.5. The van der Waals surface area contributed by atoms with Crippen LogP contribution in [-0.4, -0.2) is 40.3 Å². The highest BCUT2D eigenvalue weighted by Gasteiger charge is 2.36. The Morgan fingerprint density at radius 3 is 2.48 bits per heavy atom. The van der Waals surface area contributed by atoms with Gasteiger partial charge in [0.1, 0.15) is 5.82 Å². The molecule has 21 heavy (non-hydrogen) atoms. The molecular weight excluding hydrogens is 270 g/mol. The van der Waals surface area contributed by atoms with Gasteiger partial charge in [-0.05, 0) is 31.1 Å². The monoisotopic (exact) mass is 293 g/mol. The third-order valence-electron chi connectivity index (χ3n) is 4.18. The van der Waals surface area contributed by atoms with Crippen molar-refractivity contribution in [2.24, 2.45) is 5.41 Å². The molecule has 0 amide bonds. The maximum Gasteiger partial charge on any atom is 0.358 e. The molecule has 0 radical (unpaired) electrons. The minimum atomic E-state index is -0.696. The van der Waals surface area contributed by atoms with Crippen molar-refractivity contribution < 1.29 is 14.6 Å². The maximum atomic E-state index is 11.3. The second kappa shape index (κ2) is 5.97. The number of nitrogens with one attached hydrogen (secondary N) is 1. The molecule has 2 rings (SSSR count). The Labute approximate surface area is 124 Å². The lowest BCUT2D eigenvalue weighted by atomic mass is 9.71. The molecule has 1 aliphatic carbocycles. The summed E-state index contributed by atoms with van der Waals surface area (Å²) in [5.41, 5.74) is -0.215. The molecule has 0 aromatic carbocycles. The molecule has 1 saturated carbocycles. The number of esters is 1. The van der Waals surface area contributed by atoms with Gasteiger partial charge in [0, 0.05) is 6.54 Å². The highest BCUT2D eigenvalue weighted by Crippen LogP contribution is 2.40. The fraction of sp³-hybridized carbons (Fsp3) is 0.667. The van der Waals surface area contributed by atoms with E-state index >= 15 is 0 Å². The van der Waals surface area contributed by atoms with E-state index in [-0.39, 0.29) is 5.69 Å². The van der Waals surface area contributed by atoms with E-state index in [9.17, 15) is 9.90 Å². The van der Waals surface area contributed by atoms with Gasteiger partial charge in [-0.15, -0.1) is 0 Å². The molecule has 0 spiro atoms. The van der Waals surface area contributed by atoms with Gasteiger partial charge in [-0.3, -0.25) is 0 Å². The van der Waals surface area contributed by atoms with Crippen molar-refractivity contribution in [3.05, 3.63) is 18.1 Å². The summed E-state index contributed by atoms with van der Waals surface area (Å²) in [4.78, 5) is 19.3. The predicted octanol–water partition coefficient (Wildman–Crippen LogP) is 2.01. The number of carbonyl (C=O) groups is 1. The standard InChI is InChI=1S/C15H23N3O3/c1-14(2)4-6-15(20,7-5-14)10-18-12-9-16-11(8-17-12)13(19)21-3/h8-9,20H,4-7,10H2,1-3H3,(H,17,18). The van der Waals surface area contributed by atoms with Gasteiger partial charge in [0.15, 0.2) is 5.69 Å². The van der Waals surface area contributed by atoms with Gasteiger partial charge in [0.25, 0.3) is 0 Å². The topological polar surface area (TPSA) is 84.3 Å². The van der Waals surface area contributed by atoms with Gasteiger partial charge in [0.2, 0.25) is 0 Å². The third kappa shape index (κ3) is 4.14. The lowest BCUT2D eigenvalue weighted by molar-refractivity contribution is -0.0146. The van der Waals surface area contributed by atoms with E-state index < -0.39 is 11.6 Å². The lowest BCUT2D eigenvalue weighted by Crippen LogP contribution is -2.42. The lowest BCUT2D eigenvalue weighted by Gasteiger charge is -2.40. The zero-order valence-electron chi connectivity index (χ0n) is 12.8. The van der Waals surface area contributed by atoms with Gasteiger partial charge in [-0.2, -0.15) is 0 Å². The summed E-state index contributed by atoms with van der Waals surface area (Å²) in [5, 5.41) is 13.7. The smallest absolute Gasteiger partial charge is 0.358 e. The highest BCUT2D eigenvalue weighted by molar-refractivity contribution is 5.86. The molecule has 0 saturated heterocycles. The van der Waals surface area contributed by atoms with Crippen molar-refractivity contribution in [1.82, 2.24) is 9.97 Å². The van der Waals surface area contributed by atoms with Gasteiger partial charge in [0.05, 0.1) is 25.1 Å². The third-order valence-corrected chi connectivity index (χ3v) is 4.18. The molecule has 0 atom stereocenters. The summed E-state index contributed by atoms with van der Waals surface area (Å²) in [6.45, 7) is 4.91. The van der Waals surface area contributed by atoms with Crippen LogP contribution in [0.3, 0.4) is 0 Å². The molecule has 0 aliphatic heterocycles. The quantitative estimate of drug-likeness (QED) is 0.826. The molecule has 1 aromatic heterocycles. The van der Waals surface area contributed by atoms with Gasteiger partial charge in [-0.25, -0.2) is 14.8 Å². The fourth-order valence-electron chi connectivity index (χ4n) is 2.45.